The number of anilines is 1. The summed E-state index contributed by atoms with van der Waals surface area (Å²) >= 11 is 0. The van der Waals surface area contributed by atoms with E-state index in [2.05, 4.69) is 44.4 Å². The maximum absolute atomic E-state index is 13.1. The van der Waals surface area contributed by atoms with Crippen LogP contribution >= 0.6 is 0 Å². The van der Waals surface area contributed by atoms with Gasteiger partial charge in [-0.2, -0.15) is 0 Å². The first kappa shape index (κ1) is 27.5. The van der Waals surface area contributed by atoms with E-state index in [1.54, 1.807) is 16.2 Å². The predicted molar refractivity (Wildman–Crippen MR) is 157 cm³/mol. The summed E-state index contributed by atoms with van der Waals surface area (Å²) in [6.07, 6.45) is 5.55. The SMILES string of the molecule is Cn1c(=O)n(C2CCC(=O)NC2=O)c2ccc(N3CCC(CN4CCN(CC5(C)CCNCC5)CC4)CC3)cc21. The highest BCUT2D eigenvalue weighted by atomic mass is 16.2. The monoisotopic (exact) mass is 551 g/mol. The van der Waals surface area contributed by atoms with Crippen LogP contribution in [-0.2, 0) is 16.6 Å². The molecule has 0 radical (unpaired) electrons. The molecule has 2 N–H and O–H groups in total. The molecule has 4 aliphatic heterocycles. The van der Waals surface area contributed by atoms with E-state index < -0.39 is 11.9 Å². The van der Waals surface area contributed by atoms with Crippen molar-refractivity contribution < 1.29 is 9.59 Å². The molecule has 4 aliphatic rings. The second-order valence-electron chi connectivity index (χ2n) is 12.9. The number of carbonyl (C=O) groups excluding carboxylic acids is 2. The molecule has 2 aromatic rings. The number of amides is 2. The number of nitrogens with one attached hydrogen (secondary N) is 2. The maximum Gasteiger partial charge on any atom is 0.329 e. The average Bonchev–Trinajstić information content (AvgIpc) is 3.19. The number of hydrogen-bond acceptors (Lipinski definition) is 7. The summed E-state index contributed by atoms with van der Waals surface area (Å²) in [5.74, 6) is 0.0606. The topological polar surface area (TPSA) is 94.8 Å². The van der Waals surface area contributed by atoms with E-state index in [1.165, 1.54) is 65.0 Å². The number of carbonyl (C=O) groups is 2. The molecule has 6 rings (SSSR count). The Morgan fingerprint density at radius 3 is 2.30 bits per heavy atom. The zero-order valence-electron chi connectivity index (χ0n) is 24.2. The van der Waals surface area contributed by atoms with E-state index in [1.807, 2.05) is 6.07 Å². The fourth-order valence-electron chi connectivity index (χ4n) is 7.38. The first-order chi connectivity index (χ1) is 19.3. The van der Waals surface area contributed by atoms with Gasteiger partial charge in [0, 0.05) is 71.5 Å². The Hall–Kier alpha value is -2.69. The van der Waals surface area contributed by atoms with E-state index in [4.69, 9.17) is 0 Å². The van der Waals surface area contributed by atoms with Crippen LogP contribution in [0.2, 0.25) is 0 Å². The third-order valence-electron chi connectivity index (χ3n) is 9.97. The van der Waals surface area contributed by atoms with E-state index in [9.17, 15) is 14.4 Å². The number of imide groups is 1. The van der Waals surface area contributed by atoms with Crippen molar-refractivity contribution in [1.82, 2.24) is 29.6 Å². The molecular weight excluding hydrogens is 506 g/mol. The van der Waals surface area contributed by atoms with Crippen LogP contribution < -0.4 is 21.2 Å². The van der Waals surface area contributed by atoms with Crippen molar-refractivity contribution in [2.75, 3.05) is 70.3 Å². The molecule has 0 bridgehead atoms. The van der Waals surface area contributed by atoms with Crippen molar-refractivity contribution >= 4 is 28.5 Å². The first-order valence-electron chi connectivity index (χ1n) is 15.2. The van der Waals surface area contributed by atoms with Crippen molar-refractivity contribution in [2.45, 2.75) is 51.5 Å². The lowest BCUT2D eigenvalue weighted by Gasteiger charge is -2.43. The molecule has 0 spiro atoms. The lowest BCUT2D eigenvalue weighted by atomic mass is 9.80. The maximum atomic E-state index is 13.1. The van der Waals surface area contributed by atoms with Gasteiger partial charge >= 0.3 is 5.69 Å². The largest absolute Gasteiger partial charge is 0.371 e. The van der Waals surface area contributed by atoms with Gasteiger partial charge in [0.05, 0.1) is 11.0 Å². The minimum absolute atomic E-state index is 0.217. The molecule has 4 fully saturated rings. The van der Waals surface area contributed by atoms with E-state index >= 15 is 0 Å². The second kappa shape index (κ2) is 11.3. The number of hydrogen-bond donors (Lipinski definition) is 2. The first-order valence-corrected chi connectivity index (χ1v) is 15.2. The lowest BCUT2D eigenvalue weighted by Crippen LogP contribution is -2.52. The zero-order valence-corrected chi connectivity index (χ0v) is 24.2. The standard InChI is InChI=1S/C30H45N7O3/c1-30(9-11-31-12-10-30)21-35-17-15-34(16-18-35)20-22-7-13-36(14-8-22)23-3-4-24-26(19-23)33(2)29(40)37(24)25-5-6-27(38)32-28(25)39/h3-4,19,22,25,31H,5-18,20-21H2,1-2H3,(H,32,38,39). The number of aromatic nitrogens is 2. The van der Waals surface area contributed by atoms with Crippen LogP contribution in [0.5, 0.6) is 0 Å². The summed E-state index contributed by atoms with van der Waals surface area (Å²) in [6.45, 7) is 14.0. The normalized spacial score (nSPS) is 25.4. The molecule has 40 heavy (non-hydrogen) atoms. The summed E-state index contributed by atoms with van der Waals surface area (Å²) in [6, 6.07) is 5.48. The van der Waals surface area contributed by atoms with Crippen LogP contribution in [0.4, 0.5) is 5.69 Å². The molecule has 4 saturated heterocycles. The van der Waals surface area contributed by atoms with Crippen molar-refractivity contribution in [1.29, 1.82) is 0 Å². The third-order valence-corrected chi connectivity index (χ3v) is 9.97. The van der Waals surface area contributed by atoms with E-state index in [-0.39, 0.29) is 18.0 Å². The number of piperazine rings is 1. The number of rotatable bonds is 6. The lowest BCUT2D eigenvalue weighted by molar-refractivity contribution is -0.135. The molecule has 5 heterocycles. The number of aryl methyl sites for hydroxylation is 1. The molecule has 0 saturated carbocycles. The van der Waals surface area contributed by atoms with E-state index in [0.717, 1.165) is 48.8 Å². The quantitative estimate of drug-likeness (QED) is 0.526. The number of benzene rings is 1. The molecule has 218 valence electrons. The van der Waals surface area contributed by atoms with Gasteiger partial charge in [0.1, 0.15) is 6.04 Å². The number of fused-ring (bicyclic) bond motifs is 1. The Morgan fingerprint density at radius 2 is 1.60 bits per heavy atom. The third kappa shape index (κ3) is 5.58. The van der Waals surface area contributed by atoms with Crippen LogP contribution in [0.25, 0.3) is 11.0 Å². The van der Waals surface area contributed by atoms with Crippen LogP contribution in [0.15, 0.2) is 23.0 Å². The van der Waals surface area contributed by atoms with Crippen molar-refractivity contribution in [3.8, 4) is 0 Å². The number of imidazole rings is 1. The van der Waals surface area contributed by atoms with Crippen molar-refractivity contribution in [3.05, 3.63) is 28.7 Å². The molecule has 10 heteroatoms. The summed E-state index contributed by atoms with van der Waals surface area (Å²) in [4.78, 5) is 45.0. The Morgan fingerprint density at radius 1 is 0.900 bits per heavy atom. The average molecular weight is 552 g/mol. The molecule has 1 unspecified atom stereocenters. The van der Waals surface area contributed by atoms with Crippen LogP contribution in [-0.4, -0.2) is 96.2 Å². The molecule has 1 aromatic carbocycles. The Bertz CT molecular complexity index is 1290. The summed E-state index contributed by atoms with van der Waals surface area (Å²) < 4.78 is 3.18. The van der Waals surface area contributed by atoms with Crippen molar-refractivity contribution in [2.24, 2.45) is 18.4 Å². The van der Waals surface area contributed by atoms with Crippen LogP contribution in [0, 0.1) is 11.3 Å². The van der Waals surface area contributed by atoms with Gasteiger partial charge in [-0.1, -0.05) is 6.92 Å². The molecule has 2 amide bonds. The van der Waals surface area contributed by atoms with Crippen LogP contribution in [0.1, 0.15) is 51.5 Å². The van der Waals surface area contributed by atoms with Gasteiger partial charge in [-0.3, -0.25) is 24.0 Å². The Balaban J connectivity index is 1.03. The number of nitrogens with zero attached hydrogens (tertiary/aromatic N) is 5. The fourth-order valence-corrected chi connectivity index (χ4v) is 7.38. The minimum atomic E-state index is -0.648. The predicted octanol–water partition coefficient (Wildman–Crippen LogP) is 1.54. The second-order valence-corrected chi connectivity index (χ2v) is 12.9. The molecular formula is C30H45N7O3. The Labute approximate surface area is 236 Å². The highest BCUT2D eigenvalue weighted by molar-refractivity contribution is 6.00. The van der Waals surface area contributed by atoms with Gasteiger partial charge in [-0.05, 0) is 74.7 Å². The summed E-state index contributed by atoms with van der Waals surface area (Å²) in [5.41, 5.74) is 2.95. The van der Waals surface area contributed by atoms with Gasteiger partial charge in [0.15, 0.2) is 0 Å². The molecule has 0 aliphatic carbocycles. The van der Waals surface area contributed by atoms with Gasteiger partial charge in [0.2, 0.25) is 11.8 Å². The summed E-state index contributed by atoms with van der Waals surface area (Å²) in [5, 5.41) is 5.89. The molecule has 1 aromatic heterocycles. The van der Waals surface area contributed by atoms with E-state index in [0.29, 0.717) is 11.8 Å². The van der Waals surface area contributed by atoms with Gasteiger partial charge in [-0.15, -0.1) is 0 Å². The van der Waals surface area contributed by atoms with Crippen LogP contribution in [0.3, 0.4) is 0 Å². The highest BCUT2D eigenvalue weighted by Gasteiger charge is 2.33. The smallest absolute Gasteiger partial charge is 0.329 e. The number of piperidine rings is 3. The molecule has 1 atom stereocenters. The minimum Gasteiger partial charge on any atom is -0.371 e. The van der Waals surface area contributed by atoms with Gasteiger partial charge in [0.25, 0.3) is 0 Å². The highest BCUT2D eigenvalue weighted by Crippen LogP contribution is 2.31. The Kier molecular flexibility index (Phi) is 7.76. The summed E-state index contributed by atoms with van der Waals surface area (Å²) in [7, 11) is 1.76. The van der Waals surface area contributed by atoms with Crippen molar-refractivity contribution in [3.63, 3.8) is 0 Å². The van der Waals surface area contributed by atoms with Gasteiger partial charge in [-0.25, -0.2) is 4.79 Å². The molecule has 10 nitrogen and oxygen atoms in total. The fraction of sp³-hybridized carbons (Fsp3) is 0.700. The zero-order chi connectivity index (χ0) is 27.9. The van der Waals surface area contributed by atoms with Gasteiger partial charge < -0.3 is 20.0 Å².